The zero-order chi connectivity index (χ0) is 22.1. The second kappa shape index (κ2) is 10.7. The van der Waals surface area contributed by atoms with Crippen molar-refractivity contribution in [2.45, 2.75) is 13.0 Å². The molecule has 0 spiro atoms. The van der Waals surface area contributed by atoms with Gasteiger partial charge >= 0.3 is 6.03 Å². The molecular weight excluding hydrogens is 399 g/mol. The lowest BCUT2D eigenvalue weighted by Gasteiger charge is -2.18. The van der Waals surface area contributed by atoms with Crippen molar-refractivity contribution >= 4 is 17.6 Å². The van der Waals surface area contributed by atoms with Gasteiger partial charge in [0.2, 0.25) is 11.8 Å². The van der Waals surface area contributed by atoms with Gasteiger partial charge in [0.15, 0.2) is 0 Å². The van der Waals surface area contributed by atoms with Gasteiger partial charge in [-0.25, -0.2) is 14.2 Å². The van der Waals surface area contributed by atoms with Crippen molar-refractivity contribution < 1.29 is 18.7 Å². The van der Waals surface area contributed by atoms with E-state index in [4.69, 9.17) is 4.74 Å². The largest absolute Gasteiger partial charge is 0.439 e. The Balaban J connectivity index is 1.39. The molecule has 0 saturated heterocycles. The third kappa shape index (κ3) is 7.11. The summed E-state index contributed by atoms with van der Waals surface area (Å²) in [5.74, 6) is 0.175. The normalized spacial score (nSPS) is 10.3. The molecule has 160 valence electrons. The lowest BCUT2D eigenvalue weighted by molar-refractivity contribution is -0.116. The minimum atomic E-state index is -0.350. The third-order valence-corrected chi connectivity index (χ3v) is 4.29. The number of nitrogens with zero attached hydrogens (tertiary/aromatic N) is 2. The van der Waals surface area contributed by atoms with Crippen molar-refractivity contribution in [3.63, 3.8) is 0 Å². The number of aromatic nitrogens is 1. The fraction of sp³-hybridized carbons (Fsp3) is 0.174. The highest BCUT2D eigenvalue weighted by Crippen LogP contribution is 2.20. The fourth-order valence-corrected chi connectivity index (χ4v) is 2.71. The lowest BCUT2D eigenvalue weighted by atomic mass is 10.2. The Morgan fingerprint density at radius 1 is 1.03 bits per heavy atom. The standard InChI is InChI=1S/C23H23FN4O3/c1-28(16-17-5-3-2-4-6-17)23(30)25-14-13-21(29)27-19-9-12-22(26-15-19)31-20-10-7-18(24)8-11-20/h2-12,15H,13-14,16H2,1H3,(H,25,30)(H,27,29). The van der Waals surface area contributed by atoms with Crippen molar-refractivity contribution in [2.75, 3.05) is 18.9 Å². The number of anilines is 1. The fourth-order valence-electron chi connectivity index (χ4n) is 2.71. The second-order valence-electron chi connectivity index (χ2n) is 6.81. The Morgan fingerprint density at radius 3 is 2.45 bits per heavy atom. The molecule has 7 nitrogen and oxygen atoms in total. The summed E-state index contributed by atoms with van der Waals surface area (Å²) >= 11 is 0. The summed E-state index contributed by atoms with van der Waals surface area (Å²) in [6.07, 6.45) is 1.59. The average Bonchev–Trinajstić information content (AvgIpc) is 2.77. The highest BCUT2D eigenvalue weighted by Gasteiger charge is 2.10. The van der Waals surface area contributed by atoms with E-state index in [0.717, 1.165) is 5.56 Å². The molecular formula is C23H23FN4O3. The van der Waals surface area contributed by atoms with Crippen LogP contribution in [-0.2, 0) is 11.3 Å². The Kier molecular flexibility index (Phi) is 7.53. The number of hydrogen-bond donors (Lipinski definition) is 2. The maximum atomic E-state index is 12.9. The van der Waals surface area contributed by atoms with Crippen molar-refractivity contribution in [1.29, 1.82) is 0 Å². The predicted octanol–water partition coefficient (Wildman–Crippen LogP) is 4.18. The molecule has 3 amide bonds. The average molecular weight is 422 g/mol. The van der Waals surface area contributed by atoms with Gasteiger partial charge in [-0.2, -0.15) is 0 Å². The minimum Gasteiger partial charge on any atom is -0.439 e. The van der Waals surface area contributed by atoms with Crippen molar-refractivity contribution in [2.24, 2.45) is 0 Å². The highest BCUT2D eigenvalue weighted by molar-refractivity contribution is 5.91. The summed E-state index contributed by atoms with van der Waals surface area (Å²) in [4.78, 5) is 29.9. The van der Waals surface area contributed by atoms with E-state index in [1.807, 2.05) is 30.3 Å². The molecule has 0 aliphatic carbocycles. The molecule has 0 radical (unpaired) electrons. The van der Waals surface area contributed by atoms with Gasteiger partial charge in [0.1, 0.15) is 11.6 Å². The Labute approximate surface area is 179 Å². The number of nitrogens with one attached hydrogen (secondary N) is 2. The van der Waals surface area contributed by atoms with Crippen molar-refractivity contribution in [3.8, 4) is 11.6 Å². The van der Waals surface area contributed by atoms with Gasteiger partial charge in [0.25, 0.3) is 0 Å². The van der Waals surface area contributed by atoms with Crippen LogP contribution >= 0.6 is 0 Å². The molecule has 1 aromatic heterocycles. The molecule has 0 unspecified atom stereocenters. The third-order valence-electron chi connectivity index (χ3n) is 4.29. The molecule has 0 aliphatic heterocycles. The molecule has 0 saturated carbocycles. The van der Waals surface area contributed by atoms with Gasteiger partial charge in [-0.15, -0.1) is 0 Å². The molecule has 3 aromatic rings. The number of ether oxygens (including phenoxy) is 1. The number of pyridine rings is 1. The first-order chi connectivity index (χ1) is 15.0. The van der Waals surface area contributed by atoms with E-state index in [9.17, 15) is 14.0 Å². The number of benzene rings is 2. The number of urea groups is 1. The maximum absolute atomic E-state index is 12.9. The molecule has 0 bridgehead atoms. The molecule has 31 heavy (non-hydrogen) atoms. The van der Waals surface area contributed by atoms with E-state index >= 15 is 0 Å². The van der Waals surface area contributed by atoms with Gasteiger partial charge in [-0.1, -0.05) is 30.3 Å². The van der Waals surface area contributed by atoms with Crippen LogP contribution in [-0.4, -0.2) is 35.4 Å². The minimum absolute atomic E-state index is 0.124. The van der Waals surface area contributed by atoms with Gasteiger partial charge < -0.3 is 20.3 Å². The van der Waals surface area contributed by atoms with Gasteiger partial charge in [-0.3, -0.25) is 4.79 Å². The smallest absolute Gasteiger partial charge is 0.317 e. The first-order valence-corrected chi connectivity index (χ1v) is 9.72. The SMILES string of the molecule is CN(Cc1ccccc1)C(=O)NCCC(=O)Nc1ccc(Oc2ccc(F)cc2)nc1. The summed E-state index contributed by atoms with van der Waals surface area (Å²) in [6.45, 7) is 0.694. The number of hydrogen-bond acceptors (Lipinski definition) is 4. The van der Waals surface area contributed by atoms with Crippen LogP contribution in [0.25, 0.3) is 0 Å². The van der Waals surface area contributed by atoms with Crippen LogP contribution < -0.4 is 15.4 Å². The van der Waals surface area contributed by atoms with Crippen LogP contribution in [0.15, 0.2) is 72.9 Å². The zero-order valence-corrected chi connectivity index (χ0v) is 17.0. The lowest BCUT2D eigenvalue weighted by Crippen LogP contribution is -2.38. The van der Waals surface area contributed by atoms with E-state index in [-0.39, 0.29) is 30.7 Å². The summed E-state index contributed by atoms with van der Waals surface area (Å²) in [7, 11) is 1.70. The van der Waals surface area contributed by atoms with Crippen LogP contribution in [0.3, 0.4) is 0 Å². The molecule has 1 heterocycles. The highest BCUT2D eigenvalue weighted by atomic mass is 19.1. The molecule has 2 N–H and O–H groups in total. The second-order valence-corrected chi connectivity index (χ2v) is 6.81. The molecule has 0 aliphatic rings. The Hall–Kier alpha value is -3.94. The number of rotatable bonds is 8. The van der Waals surface area contributed by atoms with E-state index in [1.165, 1.54) is 30.5 Å². The summed E-state index contributed by atoms with van der Waals surface area (Å²) < 4.78 is 18.4. The summed E-state index contributed by atoms with van der Waals surface area (Å²) in [6, 6.07) is 18.2. The van der Waals surface area contributed by atoms with Gasteiger partial charge in [0.05, 0.1) is 11.9 Å². The molecule has 2 aromatic carbocycles. The van der Waals surface area contributed by atoms with Crippen LogP contribution in [0, 0.1) is 5.82 Å². The van der Waals surface area contributed by atoms with Crippen LogP contribution in [0.1, 0.15) is 12.0 Å². The summed E-state index contributed by atoms with van der Waals surface area (Å²) in [5.41, 5.74) is 1.53. The molecule has 3 rings (SSSR count). The number of halogens is 1. The van der Waals surface area contributed by atoms with E-state index in [1.54, 1.807) is 24.1 Å². The first-order valence-electron chi connectivity index (χ1n) is 9.72. The van der Waals surface area contributed by atoms with Crippen LogP contribution in [0.2, 0.25) is 0 Å². The van der Waals surface area contributed by atoms with Crippen molar-refractivity contribution in [1.82, 2.24) is 15.2 Å². The van der Waals surface area contributed by atoms with E-state index in [2.05, 4.69) is 15.6 Å². The quantitative estimate of drug-likeness (QED) is 0.570. The molecule has 0 atom stereocenters. The topological polar surface area (TPSA) is 83.6 Å². The maximum Gasteiger partial charge on any atom is 0.317 e. The van der Waals surface area contributed by atoms with Crippen LogP contribution in [0.4, 0.5) is 14.9 Å². The van der Waals surface area contributed by atoms with E-state index in [0.29, 0.717) is 23.9 Å². The van der Waals surface area contributed by atoms with E-state index < -0.39 is 0 Å². The van der Waals surface area contributed by atoms with Gasteiger partial charge in [0, 0.05) is 32.6 Å². The first kappa shape index (κ1) is 21.8. The van der Waals surface area contributed by atoms with Gasteiger partial charge in [-0.05, 0) is 35.9 Å². The molecule has 8 heteroatoms. The molecule has 0 fully saturated rings. The Morgan fingerprint density at radius 2 is 1.77 bits per heavy atom. The summed E-state index contributed by atoms with van der Waals surface area (Å²) in [5, 5.41) is 5.44. The Bertz CT molecular complexity index is 996. The number of carbonyl (C=O) groups is 2. The van der Waals surface area contributed by atoms with Crippen molar-refractivity contribution in [3.05, 3.63) is 84.3 Å². The predicted molar refractivity (Wildman–Crippen MR) is 115 cm³/mol. The zero-order valence-electron chi connectivity index (χ0n) is 17.0. The number of amides is 3. The monoisotopic (exact) mass is 422 g/mol. The number of carbonyl (C=O) groups excluding carboxylic acids is 2. The van der Waals surface area contributed by atoms with Crippen LogP contribution in [0.5, 0.6) is 11.6 Å².